The Morgan fingerprint density at radius 1 is 1.40 bits per heavy atom. The molecule has 2 atom stereocenters. The fraction of sp³-hybridized carbons (Fsp3) is 0.706. The maximum Gasteiger partial charge on any atom is 0.257 e. The summed E-state index contributed by atoms with van der Waals surface area (Å²) in [7, 11) is 0. The van der Waals surface area contributed by atoms with Crippen molar-refractivity contribution >= 4 is 24.2 Å². The van der Waals surface area contributed by atoms with Gasteiger partial charge >= 0.3 is 0 Å². The number of aromatic nitrogens is 2. The third-order valence-corrected chi connectivity index (χ3v) is 5.18. The van der Waals surface area contributed by atoms with E-state index in [1.165, 1.54) is 0 Å². The van der Waals surface area contributed by atoms with Crippen LogP contribution in [0.2, 0.25) is 0 Å². The smallest absolute Gasteiger partial charge is 0.257 e. The van der Waals surface area contributed by atoms with Gasteiger partial charge in [-0.3, -0.25) is 14.3 Å². The Morgan fingerprint density at radius 2 is 2.16 bits per heavy atom. The SMILES string of the molecule is CC(C)n1cc(C(=O)N2CC[C@@H]3[C@@H](CCC(=O)N3CCN)C2)cn1.Cl. The van der Waals surface area contributed by atoms with Crippen LogP contribution >= 0.6 is 12.4 Å². The van der Waals surface area contributed by atoms with Gasteiger partial charge in [-0.1, -0.05) is 0 Å². The van der Waals surface area contributed by atoms with Gasteiger partial charge in [-0.05, 0) is 32.6 Å². The van der Waals surface area contributed by atoms with Gasteiger partial charge in [-0.15, -0.1) is 12.4 Å². The summed E-state index contributed by atoms with van der Waals surface area (Å²) in [5.41, 5.74) is 6.30. The molecule has 0 unspecified atom stereocenters. The van der Waals surface area contributed by atoms with E-state index >= 15 is 0 Å². The third-order valence-electron chi connectivity index (χ3n) is 5.18. The van der Waals surface area contributed by atoms with Crippen molar-refractivity contribution in [3.05, 3.63) is 18.0 Å². The van der Waals surface area contributed by atoms with Gasteiger partial charge in [0.25, 0.3) is 5.91 Å². The molecule has 140 valence electrons. The molecule has 1 aromatic heterocycles. The summed E-state index contributed by atoms with van der Waals surface area (Å²) in [5.74, 6) is 0.606. The Labute approximate surface area is 154 Å². The number of likely N-dealkylation sites (tertiary alicyclic amines) is 2. The molecule has 1 aromatic rings. The highest BCUT2D eigenvalue weighted by Gasteiger charge is 2.40. The molecule has 0 bridgehead atoms. The maximum atomic E-state index is 12.8. The van der Waals surface area contributed by atoms with Crippen LogP contribution in [0, 0.1) is 5.92 Å². The summed E-state index contributed by atoms with van der Waals surface area (Å²) in [4.78, 5) is 28.7. The zero-order valence-corrected chi connectivity index (χ0v) is 15.7. The quantitative estimate of drug-likeness (QED) is 0.866. The molecule has 7 nitrogen and oxygen atoms in total. The number of hydrogen-bond acceptors (Lipinski definition) is 4. The van der Waals surface area contributed by atoms with Crippen LogP contribution < -0.4 is 5.73 Å². The number of nitrogens with two attached hydrogens (primary N) is 1. The Balaban J connectivity index is 0.00000225. The van der Waals surface area contributed by atoms with Crippen molar-refractivity contribution in [2.45, 2.75) is 45.2 Å². The second-order valence-electron chi connectivity index (χ2n) is 7.08. The summed E-state index contributed by atoms with van der Waals surface area (Å²) >= 11 is 0. The number of fused-ring (bicyclic) bond motifs is 1. The molecule has 2 aliphatic rings. The number of rotatable bonds is 4. The Kier molecular flexibility index (Phi) is 6.46. The van der Waals surface area contributed by atoms with Crippen molar-refractivity contribution in [2.24, 2.45) is 11.7 Å². The van der Waals surface area contributed by atoms with Gasteiger partial charge in [0.2, 0.25) is 5.91 Å². The first-order chi connectivity index (χ1) is 11.5. The normalized spacial score (nSPS) is 23.4. The van der Waals surface area contributed by atoms with E-state index in [0.717, 1.165) is 12.8 Å². The number of carbonyl (C=O) groups is 2. The van der Waals surface area contributed by atoms with E-state index in [2.05, 4.69) is 5.10 Å². The van der Waals surface area contributed by atoms with Crippen molar-refractivity contribution in [1.82, 2.24) is 19.6 Å². The molecule has 3 heterocycles. The summed E-state index contributed by atoms with van der Waals surface area (Å²) in [6.45, 7) is 6.59. The Bertz CT molecular complexity index is 618. The lowest BCUT2D eigenvalue weighted by atomic mass is 9.83. The van der Waals surface area contributed by atoms with Crippen molar-refractivity contribution < 1.29 is 9.59 Å². The zero-order valence-electron chi connectivity index (χ0n) is 14.9. The van der Waals surface area contributed by atoms with Crippen LogP contribution in [-0.4, -0.2) is 63.6 Å². The maximum absolute atomic E-state index is 12.8. The molecule has 8 heteroatoms. The van der Waals surface area contributed by atoms with E-state index in [-0.39, 0.29) is 36.3 Å². The van der Waals surface area contributed by atoms with Crippen LogP contribution in [0.1, 0.15) is 49.5 Å². The molecule has 0 radical (unpaired) electrons. The van der Waals surface area contributed by atoms with Gasteiger partial charge in [0.15, 0.2) is 0 Å². The molecule has 0 saturated carbocycles. The molecular weight excluding hydrogens is 342 g/mol. The average molecular weight is 370 g/mol. The highest BCUT2D eigenvalue weighted by atomic mass is 35.5. The van der Waals surface area contributed by atoms with Crippen LogP contribution in [0.15, 0.2) is 12.4 Å². The van der Waals surface area contributed by atoms with Crippen molar-refractivity contribution in [3.8, 4) is 0 Å². The molecule has 2 aliphatic heterocycles. The fourth-order valence-corrected chi connectivity index (χ4v) is 3.88. The molecule has 0 aliphatic carbocycles. The minimum atomic E-state index is 0. The monoisotopic (exact) mass is 369 g/mol. The number of nitrogens with zero attached hydrogens (tertiary/aromatic N) is 4. The largest absolute Gasteiger partial charge is 0.338 e. The highest BCUT2D eigenvalue weighted by molar-refractivity contribution is 5.93. The Hall–Kier alpha value is -1.60. The number of piperidine rings is 2. The van der Waals surface area contributed by atoms with Crippen LogP contribution in [0.3, 0.4) is 0 Å². The first-order valence-corrected chi connectivity index (χ1v) is 8.84. The molecule has 0 spiro atoms. The first-order valence-electron chi connectivity index (χ1n) is 8.84. The van der Waals surface area contributed by atoms with E-state index in [0.29, 0.717) is 44.1 Å². The second kappa shape index (κ2) is 8.19. The van der Waals surface area contributed by atoms with Crippen molar-refractivity contribution in [1.29, 1.82) is 0 Å². The lowest BCUT2D eigenvalue weighted by molar-refractivity contribution is -0.140. The molecule has 3 rings (SSSR count). The van der Waals surface area contributed by atoms with Crippen LogP contribution in [-0.2, 0) is 4.79 Å². The van der Waals surface area contributed by atoms with E-state index in [4.69, 9.17) is 5.73 Å². The van der Waals surface area contributed by atoms with Crippen LogP contribution in [0.25, 0.3) is 0 Å². The third kappa shape index (κ3) is 3.98. The minimum Gasteiger partial charge on any atom is -0.338 e. The van der Waals surface area contributed by atoms with Gasteiger partial charge < -0.3 is 15.5 Å². The van der Waals surface area contributed by atoms with E-state index in [1.807, 2.05) is 34.5 Å². The zero-order chi connectivity index (χ0) is 17.3. The number of halogens is 1. The number of carbonyl (C=O) groups excluding carboxylic acids is 2. The highest BCUT2D eigenvalue weighted by Crippen LogP contribution is 2.31. The van der Waals surface area contributed by atoms with Gasteiger partial charge in [-0.25, -0.2) is 0 Å². The van der Waals surface area contributed by atoms with E-state index in [1.54, 1.807) is 6.20 Å². The standard InChI is InChI=1S/C17H27N5O2.ClH/c1-12(2)22-11-14(9-19-22)17(24)20-7-5-15-13(10-20)3-4-16(23)21(15)8-6-18;/h9,11-13,15H,3-8,10,18H2,1-2H3;1H/t13-,15+;/m0./s1. The van der Waals surface area contributed by atoms with Gasteiger partial charge in [0, 0.05) is 50.9 Å². The summed E-state index contributed by atoms with van der Waals surface area (Å²) < 4.78 is 1.81. The first kappa shape index (κ1) is 19.7. The summed E-state index contributed by atoms with van der Waals surface area (Å²) in [5, 5.41) is 4.26. The number of amides is 2. The molecule has 2 fully saturated rings. The molecule has 25 heavy (non-hydrogen) atoms. The molecule has 2 N–H and O–H groups in total. The van der Waals surface area contributed by atoms with Crippen LogP contribution in [0.4, 0.5) is 0 Å². The molecule has 2 amide bonds. The average Bonchev–Trinajstić information content (AvgIpc) is 3.07. The predicted octanol–water partition coefficient (Wildman–Crippen LogP) is 1.30. The Morgan fingerprint density at radius 3 is 2.80 bits per heavy atom. The number of hydrogen-bond donors (Lipinski definition) is 1. The summed E-state index contributed by atoms with van der Waals surface area (Å²) in [6, 6.07) is 0.476. The second-order valence-corrected chi connectivity index (χ2v) is 7.08. The molecular formula is C17H28ClN5O2. The van der Waals surface area contributed by atoms with Gasteiger partial charge in [0.05, 0.1) is 11.8 Å². The van der Waals surface area contributed by atoms with Gasteiger partial charge in [0.1, 0.15) is 0 Å². The summed E-state index contributed by atoms with van der Waals surface area (Å²) in [6.07, 6.45) is 5.73. The van der Waals surface area contributed by atoms with E-state index < -0.39 is 0 Å². The van der Waals surface area contributed by atoms with Gasteiger partial charge in [-0.2, -0.15) is 5.10 Å². The van der Waals surface area contributed by atoms with Crippen molar-refractivity contribution in [2.75, 3.05) is 26.2 Å². The molecule has 2 saturated heterocycles. The molecule has 0 aromatic carbocycles. The minimum absolute atomic E-state index is 0. The van der Waals surface area contributed by atoms with Crippen molar-refractivity contribution in [3.63, 3.8) is 0 Å². The van der Waals surface area contributed by atoms with E-state index in [9.17, 15) is 9.59 Å². The lowest BCUT2D eigenvalue weighted by Gasteiger charge is -2.47. The predicted molar refractivity (Wildman–Crippen MR) is 97.7 cm³/mol. The lowest BCUT2D eigenvalue weighted by Crippen LogP contribution is -2.57. The fourth-order valence-electron chi connectivity index (χ4n) is 3.88. The van der Waals surface area contributed by atoms with Crippen LogP contribution in [0.5, 0.6) is 0 Å². The topological polar surface area (TPSA) is 84.5 Å².